The molecule has 2 atom stereocenters. The molecule has 0 saturated carbocycles. The highest BCUT2D eigenvalue weighted by atomic mass is 16.5. The first-order valence-corrected chi connectivity index (χ1v) is 7.48. The van der Waals surface area contributed by atoms with Gasteiger partial charge in [-0.2, -0.15) is 5.10 Å². The molecule has 0 spiro atoms. The molecule has 3 aliphatic rings. The lowest BCUT2D eigenvalue weighted by molar-refractivity contribution is 0.0558. The fourth-order valence-corrected chi connectivity index (χ4v) is 3.46. The number of rotatable bonds is 1. The van der Waals surface area contributed by atoms with Crippen LogP contribution in [0.1, 0.15) is 29.0 Å². The number of likely N-dealkylation sites (tertiary alicyclic amines) is 1. The molecular formula is C14H20N4O2. The molecule has 6 nitrogen and oxygen atoms in total. The molecule has 0 aliphatic carbocycles. The lowest BCUT2D eigenvalue weighted by Crippen LogP contribution is -2.43. The van der Waals surface area contributed by atoms with Gasteiger partial charge in [-0.3, -0.25) is 9.48 Å². The molecule has 1 N–H and O–H groups in total. The quantitative estimate of drug-likeness (QED) is 0.798. The minimum absolute atomic E-state index is 0.0609. The zero-order valence-corrected chi connectivity index (χ0v) is 11.5. The van der Waals surface area contributed by atoms with E-state index >= 15 is 0 Å². The van der Waals surface area contributed by atoms with Gasteiger partial charge in [0.1, 0.15) is 0 Å². The molecule has 2 bridgehead atoms. The molecule has 1 amide bonds. The summed E-state index contributed by atoms with van der Waals surface area (Å²) in [6.45, 7) is 5.04. The van der Waals surface area contributed by atoms with Crippen molar-refractivity contribution in [1.82, 2.24) is 20.0 Å². The highest BCUT2D eigenvalue weighted by Gasteiger charge is 2.36. The smallest absolute Gasteiger partial charge is 0.274 e. The zero-order chi connectivity index (χ0) is 13.5. The van der Waals surface area contributed by atoms with Crippen molar-refractivity contribution in [3.05, 3.63) is 17.5 Å². The summed E-state index contributed by atoms with van der Waals surface area (Å²) in [5.74, 6) is 0.575. The minimum Gasteiger partial charge on any atom is -0.376 e. The van der Waals surface area contributed by atoms with Gasteiger partial charge in [-0.1, -0.05) is 0 Å². The van der Waals surface area contributed by atoms with Crippen LogP contribution in [0.5, 0.6) is 0 Å². The number of nitrogens with zero attached hydrogens (tertiary/aromatic N) is 3. The van der Waals surface area contributed by atoms with E-state index in [2.05, 4.69) is 10.4 Å². The van der Waals surface area contributed by atoms with Gasteiger partial charge < -0.3 is 15.0 Å². The number of carbonyl (C=O) groups excluding carboxylic acids is 1. The van der Waals surface area contributed by atoms with Crippen molar-refractivity contribution in [3.8, 4) is 0 Å². The molecule has 3 aliphatic heterocycles. The van der Waals surface area contributed by atoms with Gasteiger partial charge >= 0.3 is 0 Å². The van der Waals surface area contributed by atoms with Gasteiger partial charge in [-0.15, -0.1) is 0 Å². The van der Waals surface area contributed by atoms with Gasteiger partial charge in [-0.25, -0.2) is 0 Å². The van der Waals surface area contributed by atoms with E-state index in [1.165, 1.54) is 0 Å². The molecule has 4 heterocycles. The number of aryl methyl sites for hydroxylation is 1. The second kappa shape index (κ2) is 4.86. The van der Waals surface area contributed by atoms with Crippen LogP contribution in [-0.4, -0.2) is 52.9 Å². The Morgan fingerprint density at radius 1 is 1.45 bits per heavy atom. The summed E-state index contributed by atoms with van der Waals surface area (Å²) in [5.41, 5.74) is 1.70. The molecule has 0 radical (unpaired) electrons. The van der Waals surface area contributed by atoms with Crippen LogP contribution in [-0.2, 0) is 17.8 Å². The fourth-order valence-electron chi connectivity index (χ4n) is 3.46. The van der Waals surface area contributed by atoms with E-state index in [0.717, 1.165) is 57.9 Å². The standard InChI is InChI=1S/C14H20N4O2/c19-14(17-7-10-4-12(8-17)20-9-10)13-5-11-6-15-2-1-3-18(11)16-13/h5,10,12,15H,1-4,6-9H2/t10-,12+/m1/s1. The number of amides is 1. The third kappa shape index (κ3) is 2.13. The Balaban J connectivity index is 1.53. The summed E-state index contributed by atoms with van der Waals surface area (Å²) in [5, 5.41) is 7.85. The number of carbonyl (C=O) groups is 1. The summed E-state index contributed by atoms with van der Waals surface area (Å²) in [7, 11) is 0. The predicted octanol–water partition coefficient (Wildman–Crippen LogP) is 0.237. The van der Waals surface area contributed by atoms with Gasteiger partial charge in [0.05, 0.1) is 18.4 Å². The number of fused-ring (bicyclic) bond motifs is 3. The zero-order valence-electron chi connectivity index (χ0n) is 11.5. The van der Waals surface area contributed by atoms with E-state index < -0.39 is 0 Å². The minimum atomic E-state index is 0.0609. The van der Waals surface area contributed by atoms with Crippen LogP contribution in [0.15, 0.2) is 6.07 Å². The van der Waals surface area contributed by atoms with Gasteiger partial charge in [-0.05, 0) is 25.5 Å². The first-order chi connectivity index (χ1) is 9.79. The molecule has 108 valence electrons. The van der Waals surface area contributed by atoms with E-state index in [1.807, 2.05) is 15.6 Å². The van der Waals surface area contributed by atoms with Crippen LogP contribution < -0.4 is 5.32 Å². The molecule has 6 heteroatoms. The van der Waals surface area contributed by atoms with Gasteiger partial charge in [0.25, 0.3) is 5.91 Å². The van der Waals surface area contributed by atoms with Crippen LogP contribution in [0.3, 0.4) is 0 Å². The first-order valence-electron chi connectivity index (χ1n) is 7.48. The van der Waals surface area contributed by atoms with Crippen molar-refractivity contribution in [1.29, 1.82) is 0 Å². The van der Waals surface area contributed by atoms with Crippen molar-refractivity contribution in [2.75, 3.05) is 26.2 Å². The molecule has 1 aromatic rings. The number of hydrogen-bond acceptors (Lipinski definition) is 4. The van der Waals surface area contributed by atoms with Crippen molar-refractivity contribution in [2.24, 2.45) is 5.92 Å². The largest absolute Gasteiger partial charge is 0.376 e. The number of ether oxygens (including phenoxy) is 1. The summed E-state index contributed by atoms with van der Waals surface area (Å²) >= 11 is 0. The maximum Gasteiger partial charge on any atom is 0.274 e. The monoisotopic (exact) mass is 276 g/mol. The van der Waals surface area contributed by atoms with Gasteiger partial charge in [0.15, 0.2) is 5.69 Å². The van der Waals surface area contributed by atoms with Crippen molar-refractivity contribution in [3.63, 3.8) is 0 Å². The first kappa shape index (κ1) is 12.3. The Morgan fingerprint density at radius 3 is 3.30 bits per heavy atom. The van der Waals surface area contributed by atoms with Crippen LogP contribution in [0.25, 0.3) is 0 Å². The molecule has 0 unspecified atom stereocenters. The Hall–Kier alpha value is -1.40. The topological polar surface area (TPSA) is 59.4 Å². The van der Waals surface area contributed by atoms with E-state index in [1.54, 1.807) is 0 Å². The Bertz CT molecular complexity index is 492. The van der Waals surface area contributed by atoms with E-state index in [-0.39, 0.29) is 12.0 Å². The van der Waals surface area contributed by atoms with E-state index in [9.17, 15) is 4.79 Å². The third-order valence-electron chi connectivity index (χ3n) is 4.47. The lowest BCUT2D eigenvalue weighted by Gasteiger charge is -2.29. The maximum absolute atomic E-state index is 12.6. The molecular weight excluding hydrogens is 256 g/mol. The highest BCUT2D eigenvalue weighted by molar-refractivity contribution is 5.92. The number of nitrogens with one attached hydrogen (secondary N) is 1. The number of aromatic nitrogens is 2. The van der Waals surface area contributed by atoms with Gasteiger partial charge in [0, 0.05) is 32.1 Å². The summed E-state index contributed by atoms with van der Waals surface area (Å²) in [6.07, 6.45) is 2.40. The Labute approximate surface area is 118 Å². The molecule has 20 heavy (non-hydrogen) atoms. The van der Waals surface area contributed by atoms with E-state index in [0.29, 0.717) is 11.6 Å². The molecule has 1 aromatic heterocycles. The van der Waals surface area contributed by atoms with Crippen LogP contribution >= 0.6 is 0 Å². The van der Waals surface area contributed by atoms with E-state index in [4.69, 9.17) is 4.74 Å². The summed E-state index contributed by atoms with van der Waals surface area (Å²) in [4.78, 5) is 14.5. The third-order valence-corrected chi connectivity index (χ3v) is 4.47. The summed E-state index contributed by atoms with van der Waals surface area (Å²) in [6, 6.07) is 1.94. The highest BCUT2D eigenvalue weighted by Crippen LogP contribution is 2.27. The lowest BCUT2D eigenvalue weighted by atomic mass is 10.00. The average Bonchev–Trinajstić information content (AvgIpc) is 2.94. The normalized spacial score (nSPS) is 29.1. The van der Waals surface area contributed by atoms with Gasteiger partial charge in [0.2, 0.25) is 0 Å². The van der Waals surface area contributed by atoms with Crippen LogP contribution in [0.2, 0.25) is 0 Å². The fraction of sp³-hybridized carbons (Fsp3) is 0.714. The number of piperidine rings is 1. The summed E-state index contributed by atoms with van der Waals surface area (Å²) < 4.78 is 7.64. The van der Waals surface area contributed by atoms with Crippen LogP contribution in [0, 0.1) is 5.92 Å². The Kier molecular flexibility index (Phi) is 3.00. The SMILES string of the molecule is O=C(c1cc2n(n1)CCCNC2)N1C[C@@H]2CO[C@@H](C2)C1. The molecule has 2 fully saturated rings. The molecule has 2 saturated heterocycles. The second-order valence-corrected chi connectivity index (χ2v) is 6.04. The van der Waals surface area contributed by atoms with Crippen LogP contribution in [0.4, 0.5) is 0 Å². The van der Waals surface area contributed by atoms with Crippen molar-refractivity contribution in [2.45, 2.75) is 32.0 Å². The van der Waals surface area contributed by atoms with Crippen molar-refractivity contribution >= 4 is 5.91 Å². The maximum atomic E-state index is 12.6. The predicted molar refractivity (Wildman–Crippen MR) is 72.3 cm³/mol. The molecule has 4 rings (SSSR count). The average molecular weight is 276 g/mol. The second-order valence-electron chi connectivity index (χ2n) is 6.04. The van der Waals surface area contributed by atoms with Crippen molar-refractivity contribution < 1.29 is 9.53 Å². The molecule has 0 aromatic carbocycles. The number of hydrogen-bond donors (Lipinski definition) is 1. The Morgan fingerprint density at radius 2 is 2.40 bits per heavy atom.